The van der Waals surface area contributed by atoms with Crippen molar-refractivity contribution in [3.63, 3.8) is 0 Å². The standard InChI is InChI=1S/C23H29N3O4S/c1-29-17-4-2-3-14(11-17)6-10-20(27)26-22-21(24)18-9-5-15(12-19(18)31-22)13-30-23(28)25-16-7-8-16/h2-4,11,15-16H,5-10,12-13,24H2,1H3,(H,25,28)(H,26,27). The van der Waals surface area contributed by atoms with Gasteiger partial charge in [0.25, 0.3) is 0 Å². The van der Waals surface area contributed by atoms with E-state index in [1.807, 2.05) is 24.3 Å². The van der Waals surface area contributed by atoms with E-state index in [-0.39, 0.29) is 17.9 Å². The molecule has 2 amide bonds. The van der Waals surface area contributed by atoms with Gasteiger partial charge in [0, 0.05) is 17.3 Å². The van der Waals surface area contributed by atoms with Crippen LogP contribution in [-0.4, -0.2) is 31.8 Å². The molecule has 7 nitrogen and oxygen atoms in total. The van der Waals surface area contributed by atoms with E-state index in [2.05, 4.69) is 10.6 Å². The number of carbonyl (C=O) groups is 2. The molecule has 2 aromatic rings. The lowest BCUT2D eigenvalue weighted by Gasteiger charge is -2.22. The number of alkyl carbamates (subject to hydrolysis) is 1. The number of anilines is 2. The fourth-order valence-corrected chi connectivity index (χ4v) is 5.12. The molecule has 0 saturated heterocycles. The van der Waals surface area contributed by atoms with Crippen molar-refractivity contribution in [1.82, 2.24) is 5.32 Å². The third-order valence-electron chi connectivity index (χ3n) is 5.79. The van der Waals surface area contributed by atoms with Crippen molar-refractivity contribution < 1.29 is 19.1 Å². The first kappa shape index (κ1) is 21.5. The van der Waals surface area contributed by atoms with Crippen LogP contribution >= 0.6 is 11.3 Å². The second kappa shape index (κ2) is 9.60. The maximum absolute atomic E-state index is 12.5. The van der Waals surface area contributed by atoms with Crippen molar-refractivity contribution in [3.05, 3.63) is 40.3 Å². The summed E-state index contributed by atoms with van der Waals surface area (Å²) >= 11 is 1.54. The molecule has 4 rings (SSSR count). The number of ether oxygens (including phenoxy) is 2. The summed E-state index contributed by atoms with van der Waals surface area (Å²) in [5.74, 6) is 1.02. The molecule has 4 N–H and O–H groups in total. The van der Waals surface area contributed by atoms with Gasteiger partial charge < -0.3 is 25.8 Å². The number of fused-ring (bicyclic) bond motifs is 1. The number of thiophene rings is 1. The molecule has 0 radical (unpaired) electrons. The van der Waals surface area contributed by atoms with Crippen molar-refractivity contribution in [3.8, 4) is 5.75 Å². The Kier molecular flexibility index (Phi) is 6.65. The van der Waals surface area contributed by atoms with Crippen LogP contribution in [0.1, 0.15) is 41.7 Å². The molecule has 1 unspecified atom stereocenters. The largest absolute Gasteiger partial charge is 0.497 e. The van der Waals surface area contributed by atoms with Crippen molar-refractivity contribution in [2.45, 2.75) is 51.0 Å². The maximum atomic E-state index is 12.5. The Morgan fingerprint density at radius 1 is 1.26 bits per heavy atom. The Hall–Kier alpha value is -2.74. The minimum absolute atomic E-state index is 0.0512. The number of hydrogen-bond donors (Lipinski definition) is 3. The highest BCUT2D eigenvalue weighted by molar-refractivity contribution is 7.17. The van der Waals surface area contributed by atoms with Crippen molar-refractivity contribution in [2.24, 2.45) is 5.92 Å². The molecule has 0 bridgehead atoms. The van der Waals surface area contributed by atoms with Crippen molar-refractivity contribution >= 4 is 34.0 Å². The lowest BCUT2D eigenvalue weighted by Crippen LogP contribution is -2.29. The number of benzene rings is 1. The van der Waals surface area contributed by atoms with Crippen LogP contribution in [0.25, 0.3) is 0 Å². The Morgan fingerprint density at radius 2 is 2.10 bits per heavy atom. The first-order valence-electron chi connectivity index (χ1n) is 10.8. The van der Waals surface area contributed by atoms with Gasteiger partial charge >= 0.3 is 6.09 Å². The van der Waals surface area contributed by atoms with Gasteiger partial charge in [0.05, 0.1) is 19.4 Å². The highest BCUT2D eigenvalue weighted by atomic mass is 32.1. The van der Waals surface area contributed by atoms with Crippen LogP contribution in [0, 0.1) is 5.92 Å². The summed E-state index contributed by atoms with van der Waals surface area (Å²) in [4.78, 5) is 25.4. The molecular weight excluding hydrogens is 414 g/mol. The number of amides is 2. The predicted octanol–water partition coefficient (Wildman–Crippen LogP) is 3.90. The Labute approximate surface area is 186 Å². The molecule has 31 heavy (non-hydrogen) atoms. The third kappa shape index (κ3) is 5.70. The summed E-state index contributed by atoms with van der Waals surface area (Å²) in [7, 11) is 1.63. The summed E-state index contributed by atoms with van der Waals surface area (Å²) in [6.45, 7) is 0.415. The molecule has 2 aliphatic rings. The van der Waals surface area contributed by atoms with Crippen LogP contribution in [0.15, 0.2) is 24.3 Å². The molecule has 1 aromatic carbocycles. The number of nitrogens with one attached hydrogen (secondary N) is 2. The molecular formula is C23H29N3O4S. The topological polar surface area (TPSA) is 103 Å². The van der Waals surface area contributed by atoms with E-state index < -0.39 is 0 Å². The predicted molar refractivity (Wildman–Crippen MR) is 122 cm³/mol. The molecule has 166 valence electrons. The van der Waals surface area contributed by atoms with Gasteiger partial charge in [0.2, 0.25) is 5.91 Å². The minimum Gasteiger partial charge on any atom is -0.497 e. The van der Waals surface area contributed by atoms with Gasteiger partial charge in [0.1, 0.15) is 10.8 Å². The number of carbonyl (C=O) groups excluding carboxylic acids is 2. The van der Waals surface area contributed by atoms with Crippen LogP contribution < -0.4 is 21.1 Å². The first-order chi connectivity index (χ1) is 15.0. The minimum atomic E-state index is -0.317. The zero-order chi connectivity index (χ0) is 21.8. The van der Waals surface area contributed by atoms with Crippen molar-refractivity contribution in [2.75, 3.05) is 24.8 Å². The smallest absolute Gasteiger partial charge is 0.407 e. The Bertz CT molecular complexity index is 954. The quantitative estimate of drug-likeness (QED) is 0.574. The van der Waals surface area contributed by atoms with Gasteiger partial charge in [-0.3, -0.25) is 4.79 Å². The number of methoxy groups -OCH3 is 1. The van der Waals surface area contributed by atoms with Crippen LogP contribution in [0.4, 0.5) is 15.5 Å². The second-order valence-electron chi connectivity index (χ2n) is 8.27. The molecule has 1 saturated carbocycles. The third-order valence-corrected chi connectivity index (χ3v) is 6.97. The summed E-state index contributed by atoms with van der Waals surface area (Å²) < 4.78 is 10.6. The van der Waals surface area contributed by atoms with Gasteiger partial charge in [-0.2, -0.15) is 0 Å². The molecule has 1 atom stereocenters. The molecule has 0 aliphatic heterocycles. The second-order valence-corrected chi connectivity index (χ2v) is 9.38. The fourth-order valence-electron chi connectivity index (χ4n) is 3.82. The van der Waals surface area contributed by atoms with E-state index >= 15 is 0 Å². The summed E-state index contributed by atoms with van der Waals surface area (Å²) in [5.41, 5.74) is 9.20. The van der Waals surface area contributed by atoms with E-state index in [9.17, 15) is 9.59 Å². The average molecular weight is 444 g/mol. The highest BCUT2D eigenvalue weighted by Crippen LogP contribution is 2.41. The summed E-state index contributed by atoms with van der Waals surface area (Å²) in [5, 5.41) is 6.56. The average Bonchev–Trinajstić information content (AvgIpc) is 3.54. The number of hydrogen-bond acceptors (Lipinski definition) is 6. The van der Waals surface area contributed by atoms with Crippen LogP contribution in [0.2, 0.25) is 0 Å². The van der Waals surface area contributed by atoms with Crippen molar-refractivity contribution in [1.29, 1.82) is 0 Å². The SMILES string of the molecule is COc1cccc(CCC(=O)Nc2sc3c(c2N)CCC(COC(=O)NC2CC2)C3)c1. The van der Waals surface area contributed by atoms with Crippen LogP contribution in [0.3, 0.4) is 0 Å². The molecule has 8 heteroatoms. The number of nitrogen functional groups attached to an aromatic ring is 1. The Balaban J connectivity index is 1.28. The summed E-state index contributed by atoms with van der Waals surface area (Å²) in [6, 6.07) is 8.04. The van der Waals surface area contributed by atoms with E-state index in [1.165, 1.54) is 4.88 Å². The molecule has 1 heterocycles. The number of rotatable bonds is 8. The zero-order valence-corrected chi connectivity index (χ0v) is 18.6. The Morgan fingerprint density at radius 3 is 2.87 bits per heavy atom. The molecule has 1 aromatic heterocycles. The lowest BCUT2D eigenvalue weighted by atomic mass is 9.89. The van der Waals surface area contributed by atoms with E-state index in [0.29, 0.717) is 31.2 Å². The van der Waals surface area contributed by atoms with Gasteiger partial charge in [-0.25, -0.2) is 4.79 Å². The number of aryl methyl sites for hydroxylation is 1. The molecule has 2 aliphatic carbocycles. The van der Waals surface area contributed by atoms with E-state index in [0.717, 1.165) is 54.0 Å². The van der Waals surface area contributed by atoms with Crippen LogP contribution in [-0.2, 0) is 28.8 Å². The normalized spacial score (nSPS) is 17.5. The zero-order valence-electron chi connectivity index (χ0n) is 17.7. The summed E-state index contributed by atoms with van der Waals surface area (Å²) in [6.07, 6.45) is 5.37. The van der Waals surface area contributed by atoms with Gasteiger partial charge in [-0.05, 0) is 67.7 Å². The monoisotopic (exact) mass is 443 g/mol. The molecule has 0 spiro atoms. The van der Waals surface area contributed by atoms with Gasteiger partial charge in [-0.1, -0.05) is 12.1 Å². The van der Waals surface area contributed by atoms with E-state index in [4.69, 9.17) is 15.2 Å². The first-order valence-corrected chi connectivity index (χ1v) is 11.6. The molecule has 1 fully saturated rings. The highest BCUT2D eigenvalue weighted by Gasteiger charge is 2.27. The van der Waals surface area contributed by atoms with Crippen LogP contribution in [0.5, 0.6) is 5.75 Å². The fraction of sp³-hybridized carbons (Fsp3) is 0.478. The number of nitrogens with two attached hydrogens (primary N) is 1. The van der Waals surface area contributed by atoms with E-state index in [1.54, 1.807) is 18.4 Å². The van der Waals surface area contributed by atoms with Gasteiger partial charge in [0.15, 0.2) is 0 Å². The lowest BCUT2D eigenvalue weighted by molar-refractivity contribution is -0.116. The van der Waals surface area contributed by atoms with Gasteiger partial charge in [-0.15, -0.1) is 11.3 Å². The maximum Gasteiger partial charge on any atom is 0.407 e.